The minimum atomic E-state index is 0.576. The van der Waals surface area contributed by atoms with Crippen molar-refractivity contribution >= 4 is 23.0 Å². The summed E-state index contributed by atoms with van der Waals surface area (Å²) >= 11 is 0. The lowest BCUT2D eigenvalue weighted by atomic mass is 10.1. The molecule has 3 heteroatoms. The van der Waals surface area contributed by atoms with Gasteiger partial charge in [-0.05, 0) is 31.4 Å². The number of rotatable bonds is 5. The maximum Gasteiger partial charge on any atom is 0.153 e. The Labute approximate surface area is 113 Å². The molecule has 0 amide bonds. The molecule has 1 aromatic carbocycles. The zero-order valence-electron chi connectivity index (χ0n) is 11.2. The van der Waals surface area contributed by atoms with E-state index < -0.39 is 0 Å². The van der Waals surface area contributed by atoms with Crippen LogP contribution in [0.2, 0.25) is 0 Å². The Hall–Kier alpha value is -1.90. The van der Waals surface area contributed by atoms with Gasteiger partial charge in [-0.2, -0.15) is 0 Å². The van der Waals surface area contributed by atoms with Gasteiger partial charge in [-0.1, -0.05) is 25.1 Å². The summed E-state index contributed by atoms with van der Waals surface area (Å²) < 4.78 is 0. The van der Waals surface area contributed by atoms with E-state index in [2.05, 4.69) is 11.8 Å². The number of carbonyl (C=O) groups excluding carboxylic acids is 1. The van der Waals surface area contributed by atoms with Crippen LogP contribution in [0.25, 0.3) is 10.9 Å². The van der Waals surface area contributed by atoms with Crippen LogP contribution in [0.4, 0.5) is 5.82 Å². The second kappa shape index (κ2) is 5.00. The van der Waals surface area contributed by atoms with Crippen LogP contribution in [-0.4, -0.2) is 23.9 Å². The van der Waals surface area contributed by atoms with Crippen molar-refractivity contribution in [3.63, 3.8) is 0 Å². The van der Waals surface area contributed by atoms with Gasteiger partial charge >= 0.3 is 0 Å². The van der Waals surface area contributed by atoms with E-state index in [0.29, 0.717) is 11.6 Å². The van der Waals surface area contributed by atoms with Gasteiger partial charge in [-0.15, -0.1) is 0 Å². The molecule has 1 saturated carbocycles. The fourth-order valence-corrected chi connectivity index (χ4v) is 2.53. The highest BCUT2D eigenvalue weighted by atomic mass is 16.1. The van der Waals surface area contributed by atoms with Crippen LogP contribution in [-0.2, 0) is 0 Å². The Balaban J connectivity index is 2.11. The molecule has 1 aliphatic carbocycles. The number of hydrogen-bond acceptors (Lipinski definition) is 3. The summed E-state index contributed by atoms with van der Waals surface area (Å²) in [4.78, 5) is 18.4. The first kappa shape index (κ1) is 12.2. The molecule has 0 bridgehead atoms. The summed E-state index contributed by atoms with van der Waals surface area (Å²) in [5.74, 6) is 0.859. The van der Waals surface area contributed by atoms with Gasteiger partial charge in [0.2, 0.25) is 0 Å². The number of carbonyl (C=O) groups is 1. The highest BCUT2D eigenvalue weighted by Crippen LogP contribution is 2.33. The first-order chi connectivity index (χ1) is 9.33. The van der Waals surface area contributed by atoms with E-state index >= 15 is 0 Å². The molecule has 1 aromatic heterocycles. The van der Waals surface area contributed by atoms with Crippen LogP contribution < -0.4 is 4.90 Å². The zero-order valence-corrected chi connectivity index (χ0v) is 11.2. The topological polar surface area (TPSA) is 33.2 Å². The second-order valence-electron chi connectivity index (χ2n) is 5.14. The van der Waals surface area contributed by atoms with Crippen molar-refractivity contribution in [1.29, 1.82) is 0 Å². The number of nitrogens with zero attached hydrogens (tertiary/aromatic N) is 2. The minimum Gasteiger partial charge on any atom is -0.353 e. The smallest absolute Gasteiger partial charge is 0.153 e. The van der Waals surface area contributed by atoms with E-state index in [1.807, 2.05) is 30.3 Å². The third-order valence-electron chi connectivity index (χ3n) is 3.58. The number of para-hydroxylation sites is 1. The van der Waals surface area contributed by atoms with Crippen LogP contribution in [0.5, 0.6) is 0 Å². The van der Waals surface area contributed by atoms with Gasteiger partial charge in [0.05, 0.1) is 11.1 Å². The molecule has 0 saturated heterocycles. The van der Waals surface area contributed by atoms with Crippen LogP contribution >= 0.6 is 0 Å². The van der Waals surface area contributed by atoms with Crippen LogP contribution in [0.15, 0.2) is 30.3 Å². The minimum absolute atomic E-state index is 0.576. The number of fused-ring (bicyclic) bond motifs is 1. The second-order valence-corrected chi connectivity index (χ2v) is 5.14. The van der Waals surface area contributed by atoms with Crippen molar-refractivity contribution in [3.8, 4) is 0 Å². The van der Waals surface area contributed by atoms with Gasteiger partial charge in [0.25, 0.3) is 0 Å². The number of aromatic nitrogens is 1. The zero-order chi connectivity index (χ0) is 13.2. The van der Waals surface area contributed by atoms with Crippen molar-refractivity contribution in [2.45, 2.75) is 32.2 Å². The van der Waals surface area contributed by atoms with Crippen molar-refractivity contribution in [2.24, 2.45) is 0 Å². The van der Waals surface area contributed by atoms with Crippen molar-refractivity contribution in [2.75, 3.05) is 11.4 Å². The fraction of sp³-hybridized carbons (Fsp3) is 0.375. The molecule has 0 unspecified atom stereocenters. The standard InChI is InChI=1S/C16H18N2O/c1-2-9-18(14-7-8-14)16-13(11-19)10-12-5-3-4-6-15(12)17-16/h3-6,10-11,14H,2,7-9H2,1H3. The van der Waals surface area contributed by atoms with Crippen LogP contribution in [0, 0.1) is 0 Å². The van der Waals surface area contributed by atoms with E-state index in [4.69, 9.17) is 4.98 Å². The number of pyridine rings is 1. The largest absolute Gasteiger partial charge is 0.353 e. The first-order valence-electron chi connectivity index (χ1n) is 6.95. The van der Waals surface area contributed by atoms with Gasteiger partial charge in [-0.25, -0.2) is 4.98 Å². The molecule has 0 spiro atoms. The summed E-state index contributed by atoms with van der Waals surface area (Å²) in [5.41, 5.74) is 1.67. The van der Waals surface area contributed by atoms with Crippen LogP contribution in [0.3, 0.4) is 0 Å². The highest BCUT2D eigenvalue weighted by Gasteiger charge is 2.30. The Morgan fingerprint density at radius 1 is 1.37 bits per heavy atom. The van der Waals surface area contributed by atoms with Crippen molar-refractivity contribution in [1.82, 2.24) is 4.98 Å². The Kier molecular flexibility index (Phi) is 3.20. The summed E-state index contributed by atoms with van der Waals surface area (Å²) in [5, 5.41) is 1.03. The maximum absolute atomic E-state index is 11.4. The monoisotopic (exact) mass is 254 g/mol. The average molecular weight is 254 g/mol. The predicted molar refractivity (Wildman–Crippen MR) is 77.8 cm³/mol. The molecule has 1 fully saturated rings. The average Bonchev–Trinajstić information content (AvgIpc) is 3.28. The molecule has 0 N–H and O–H groups in total. The molecule has 1 heterocycles. The van der Waals surface area contributed by atoms with E-state index in [1.54, 1.807) is 0 Å². The lowest BCUT2D eigenvalue weighted by molar-refractivity contribution is 0.112. The number of anilines is 1. The molecule has 2 aromatic rings. The molecule has 98 valence electrons. The molecule has 0 atom stereocenters. The Morgan fingerprint density at radius 2 is 2.16 bits per heavy atom. The summed E-state index contributed by atoms with van der Waals surface area (Å²) in [6.07, 6.45) is 4.43. The SMILES string of the molecule is CCCN(c1nc2ccccc2cc1C=O)C1CC1. The van der Waals surface area contributed by atoms with Gasteiger partial charge < -0.3 is 4.90 Å². The lowest BCUT2D eigenvalue weighted by Gasteiger charge is -2.24. The Bertz CT molecular complexity index is 605. The third-order valence-corrected chi connectivity index (χ3v) is 3.58. The molecule has 1 aliphatic rings. The van der Waals surface area contributed by atoms with E-state index in [0.717, 1.165) is 36.0 Å². The van der Waals surface area contributed by atoms with Crippen molar-refractivity contribution in [3.05, 3.63) is 35.9 Å². The normalized spacial score (nSPS) is 14.6. The molecule has 19 heavy (non-hydrogen) atoms. The highest BCUT2D eigenvalue weighted by molar-refractivity contribution is 5.91. The molecule has 0 radical (unpaired) electrons. The lowest BCUT2D eigenvalue weighted by Crippen LogP contribution is -2.28. The summed E-state index contributed by atoms with van der Waals surface area (Å²) in [6, 6.07) is 10.5. The van der Waals surface area contributed by atoms with E-state index in [-0.39, 0.29) is 0 Å². The fourth-order valence-electron chi connectivity index (χ4n) is 2.53. The molecular weight excluding hydrogens is 236 g/mol. The van der Waals surface area contributed by atoms with Crippen LogP contribution in [0.1, 0.15) is 36.5 Å². The quantitative estimate of drug-likeness (QED) is 0.766. The summed E-state index contributed by atoms with van der Waals surface area (Å²) in [6.45, 7) is 3.13. The maximum atomic E-state index is 11.4. The number of aldehydes is 1. The van der Waals surface area contributed by atoms with E-state index in [1.165, 1.54) is 12.8 Å². The van der Waals surface area contributed by atoms with Gasteiger partial charge in [0.1, 0.15) is 5.82 Å². The van der Waals surface area contributed by atoms with E-state index in [9.17, 15) is 4.79 Å². The Morgan fingerprint density at radius 3 is 2.84 bits per heavy atom. The number of hydrogen-bond donors (Lipinski definition) is 0. The van der Waals surface area contributed by atoms with Gasteiger partial charge in [0.15, 0.2) is 6.29 Å². The molecule has 3 rings (SSSR count). The predicted octanol–water partition coefficient (Wildman–Crippen LogP) is 3.43. The van der Waals surface area contributed by atoms with Gasteiger partial charge in [-0.3, -0.25) is 4.79 Å². The summed E-state index contributed by atoms with van der Waals surface area (Å²) in [7, 11) is 0. The molecular formula is C16H18N2O. The first-order valence-corrected chi connectivity index (χ1v) is 6.95. The van der Waals surface area contributed by atoms with Gasteiger partial charge in [0, 0.05) is 18.0 Å². The molecule has 0 aliphatic heterocycles. The third kappa shape index (κ3) is 2.33. The number of benzene rings is 1. The van der Waals surface area contributed by atoms with Crippen molar-refractivity contribution < 1.29 is 4.79 Å². The molecule has 3 nitrogen and oxygen atoms in total.